The van der Waals surface area contributed by atoms with Crippen molar-refractivity contribution >= 4 is 28.3 Å². The Morgan fingerprint density at radius 3 is 3.04 bits per heavy atom. The number of aromatic nitrogens is 2. The third-order valence-corrected chi connectivity index (χ3v) is 5.08. The highest BCUT2D eigenvalue weighted by Crippen LogP contribution is 2.31. The van der Waals surface area contributed by atoms with E-state index in [2.05, 4.69) is 19.8 Å². The van der Waals surface area contributed by atoms with Gasteiger partial charge in [0.15, 0.2) is 0 Å². The maximum atomic E-state index is 9.99. The number of hydrogen-bond donors (Lipinski definition) is 1. The van der Waals surface area contributed by atoms with Gasteiger partial charge in [0.25, 0.3) is 0 Å². The van der Waals surface area contributed by atoms with E-state index in [9.17, 15) is 5.11 Å². The van der Waals surface area contributed by atoms with Crippen molar-refractivity contribution in [3.63, 3.8) is 0 Å². The summed E-state index contributed by atoms with van der Waals surface area (Å²) in [4.78, 5) is 13.4. The lowest BCUT2D eigenvalue weighted by Crippen LogP contribution is -2.69. The van der Waals surface area contributed by atoms with Crippen LogP contribution < -0.4 is 4.90 Å². The summed E-state index contributed by atoms with van der Waals surface area (Å²) >= 11 is 6.06. The number of fused-ring (bicyclic) bond motifs is 2. The van der Waals surface area contributed by atoms with E-state index in [1.165, 1.54) is 0 Å². The molecule has 2 saturated heterocycles. The maximum Gasteiger partial charge on any atom is 0.139 e. The van der Waals surface area contributed by atoms with Crippen LogP contribution in [0, 0.1) is 0 Å². The summed E-state index contributed by atoms with van der Waals surface area (Å²) in [7, 11) is 0. The normalized spacial score (nSPS) is 25.6. The fourth-order valence-corrected chi connectivity index (χ4v) is 3.75. The van der Waals surface area contributed by atoms with Gasteiger partial charge >= 0.3 is 0 Å². The topological polar surface area (TPSA) is 61.7 Å². The van der Waals surface area contributed by atoms with Crippen LogP contribution in [-0.2, 0) is 4.74 Å². The van der Waals surface area contributed by atoms with Crippen molar-refractivity contribution in [3.8, 4) is 0 Å². The minimum atomic E-state index is -0.347. The van der Waals surface area contributed by atoms with Crippen molar-refractivity contribution in [1.29, 1.82) is 0 Å². The highest BCUT2D eigenvalue weighted by Gasteiger charge is 2.44. The fourth-order valence-electron chi connectivity index (χ4n) is 3.58. The molecule has 6 nitrogen and oxygen atoms in total. The zero-order valence-corrected chi connectivity index (χ0v) is 13.5. The van der Waals surface area contributed by atoms with E-state index < -0.39 is 0 Å². The molecule has 0 bridgehead atoms. The van der Waals surface area contributed by atoms with Crippen LogP contribution in [0.2, 0.25) is 5.02 Å². The molecule has 1 aromatic heterocycles. The molecule has 4 rings (SSSR count). The maximum absolute atomic E-state index is 9.99. The van der Waals surface area contributed by atoms with Crippen molar-refractivity contribution < 1.29 is 9.84 Å². The van der Waals surface area contributed by atoms with Gasteiger partial charge in [0.2, 0.25) is 0 Å². The predicted octanol–water partition coefficient (Wildman–Crippen LogP) is 1.17. The summed E-state index contributed by atoms with van der Waals surface area (Å²) in [5.74, 6) is 0.893. The Morgan fingerprint density at radius 1 is 1.26 bits per heavy atom. The van der Waals surface area contributed by atoms with Crippen LogP contribution >= 0.6 is 11.6 Å². The Labute approximate surface area is 139 Å². The third kappa shape index (κ3) is 2.55. The van der Waals surface area contributed by atoms with Crippen LogP contribution in [-0.4, -0.2) is 71.5 Å². The molecule has 0 spiro atoms. The van der Waals surface area contributed by atoms with Crippen molar-refractivity contribution in [1.82, 2.24) is 14.9 Å². The second kappa shape index (κ2) is 5.87. The molecule has 0 radical (unpaired) electrons. The molecule has 0 aliphatic carbocycles. The number of hydrogen-bond acceptors (Lipinski definition) is 6. The van der Waals surface area contributed by atoms with Crippen LogP contribution in [0.1, 0.15) is 0 Å². The van der Waals surface area contributed by atoms with Crippen LogP contribution in [0.25, 0.3) is 10.9 Å². The van der Waals surface area contributed by atoms with E-state index in [1.807, 2.05) is 18.2 Å². The molecule has 1 aromatic carbocycles. The minimum absolute atomic E-state index is 0.0817. The molecule has 1 N–H and O–H groups in total. The molecule has 2 fully saturated rings. The molecule has 2 aliphatic heterocycles. The molecule has 122 valence electrons. The minimum Gasteiger partial charge on any atom is -0.394 e. The quantitative estimate of drug-likeness (QED) is 0.889. The molecule has 0 amide bonds. The highest BCUT2D eigenvalue weighted by atomic mass is 35.5. The standard InChI is InChI=1S/C16H19ClN4O2/c17-12-1-2-13-14(7-12)18-11-19-15(13)20-3-4-21-5-6-23-10-16(21,8-20)9-22/h1-2,7,11,22H,3-6,8-10H2. The van der Waals surface area contributed by atoms with Gasteiger partial charge < -0.3 is 14.7 Å². The molecule has 7 heteroatoms. The number of piperazine rings is 1. The van der Waals surface area contributed by atoms with Gasteiger partial charge in [-0.3, -0.25) is 4.90 Å². The zero-order valence-electron chi connectivity index (χ0n) is 12.8. The monoisotopic (exact) mass is 334 g/mol. The molecule has 0 saturated carbocycles. The van der Waals surface area contributed by atoms with Crippen molar-refractivity contribution in [2.45, 2.75) is 5.54 Å². The number of anilines is 1. The Morgan fingerprint density at radius 2 is 2.17 bits per heavy atom. The van der Waals surface area contributed by atoms with Crippen molar-refractivity contribution in [3.05, 3.63) is 29.5 Å². The van der Waals surface area contributed by atoms with E-state index in [0.29, 0.717) is 18.2 Å². The number of ether oxygens (including phenoxy) is 1. The van der Waals surface area contributed by atoms with Gasteiger partial charge in [0.05, 0.1) is 30.9 Å². The third-order valence-electron chi connectivity index (χ3n) is 4.84. The number of morpholine rings is 1. The first-order chi connectivity index (χ1) is 11.2. The Bertz CT molecular complexity index is 728. The summed E-state index contributed by atoms with van der Waals surface area (Å²) in [5, 5.41) is 11.6. The molecular weight excluding hydrogens is 316 g/mol. The first kappa shape index (κ1) is 15.1. The van der Waals surface area contributed by atoms with Crippen LogP contribution in [0.5, 0.6) is 0 Å². The Hall–Kier alpha value is -1.47. The zero-order chi connectivity index (χ0) is 15.9. The van der Waals surface area contributed by atoms with Crippen LogP contribution in [0.3, 0.4) is 0 Å². The fraction of sp³-hybridized carbons (Fsp3) is 0.500. The predicted molar refractivity (Wildman–Crippen MR) is 89.0 cm³/mol. The number of benzene rings is 1. The number of aliphatic hydroxyl groups excluding tert-OH is 1. The molecule has 2 aromatic rings. The van der Waals surface area contributed by atoms with E-state index in [4.69, 9.17) is 16.3 Å². The lowest BCUT2D eigenvalue weighted by Gasteiger charge is -2.52. The average molecular weight is 335 g/mol. The number of aliphatic hydroxyl groups is 1. The molecule has 2 aliphatic rings. The van der Waals surface area contributed by atoms with Crippen molar-refractivity contribution in [2.24, 2.45) is 0 Å². The Balaban J connectivity index is 1.71. The molecule has 3 heterocycles. The van der Waals surface area contributed by atoms with Gasteiger partial charge in [0, 0.05) is 36.6 Å². The summed E-state index contributed by atoms with van der Waals surface area (Å²) in [5.41, 5.74) is 0.489. The number of rotatable bonds is 2. The van der Waals surface area contributed by atoms with E-state index in [1.54, 1.807) is 6.33 Å². The molecule has 1 atom stereocenters. The first-order valence-electron chi connectivity index (χ1n) is 7.81. The Kier molecular flexibility index (Phi) is 3.85. The van der Waals surface area contributed by atoms with Crippen LogP contribution in [0.15, 0.2) is 24.5 Å². The van der Waals surface area contributed by atoms with Crippen molar-refractivity contribution in [2.75, 3.05) is 50.9 Å². The molecule has 23 heavy (non-hydrogen) atoms. The summed E-state index contributed by atoms with van der Waals surface area (Å²) in [6.45, 7) is 4.69. The first-order valence-corrected chi connectivity index (χ1v) is 8.18. The lowest BCUT2D eigenvalue weighted by molar-refractivity contribution is -0.0951. The lowest BCUT2D eigenvalue weighted by atomic mass is 9.94. The summed E-state index contributed by atoms with van der Waals surface area (Å²) in [6.07, 6.45) is 1.57. The average Bonchev–Trinajstić information content (AvgIpc) is 2.60. The largest absolute Gasteiger partial charge is 0.394 e. The second-order valence-corrected chi connectivity index (χ2v) is 6.64. The van der Waals surface area contributed by atoms with Gasteiger partial charge in [-0.2, -0.15) is 0 Å². The van der Waals surface area contributed by atoms with Gasteiger partial charge in [0.1, 0.15) is 12.1 Å². The van der Waals surface area contributed by atoms with Gasteiger partial charge in [-0.25, -0.2) is 9.97 Å². The highest BCUT2D eigenvalue weighted by molar-refractivity contribution is 6.31. The van der Waals surface area contributed by atoms with E-state index in [0.717, 1.165) is 43.0 Å². The van der Waals surface area contributed by atoms with Gasteiger partial charge in [-0.15, -0.1) is 0 Å². The summed E-state index contributed by atoms with van der Waals surface area (Å²) in [6, 6.07) is 5.67. The van der Waals surface area contributed by atoms with E-state index >= 15 is 0 Å². The van der Waals surface area contributed by atoms with Gasteiger partial charge in [-0.1, -0.05) is 11.6 Å². The molecular formula is C16H19ClN4O2. The second-order valence-electron chi connectivity index (χ2n) is 6.20. The summed E-state index contributed by atoms with van der Waals surface area (Å²) < 4.78 is 5.64. The number of nitrogens with zero attached hydrogens (tertiary/aromatic N) is 4. The molecule has 1 unspecified atom stereocenters. The van der Waals surface area contributed by atoms with Crippen LogP contribution in [0.4, 0.5) is 5.82 Å². The smallest absolute Gasteiger partial charge is 0.139 e. The SMILES string of the molecule is OCC12COCCN1CCN(c1ncnc3cc(Cl)ccc13)C2. The van der Waals surface area contributed by atoms with E-state index in [-0.39, 0.29) is 12.1 Å². The number of halogens is 1. The van der Waals surface area contributed by atoms with Gasteiger partial charge in [-0.05, 0) is 18.2 Å².